The van der Waals surface area contributed by atoms with Crippen molar-refractivity contribution in [2.75, 3.05) is 6.61 Å². The number of hydrogen-bond acceptors (Lipinski definition) is 7. The topological polar surface area (TPSA) is 168 Å². The summed E-state index contributed by atoms with van der Waals surface area (Å²) >= 11 is 0. The standard InChI is InChI=1S/C24H21F4N3O8/c1-9(2)20(31-22(36)16-7-14(32)10-3-4-29-24(10)39-16)23(37)30-13(6-17(34)35)15(33)8-38-21-18(27)11(25)5-12(26)19(21)28/h3-5,7,9,13,20,29H,6,8H2,1-2H3,(H,30,37)(H,31,36)(H,34,35)/t13-,20?/m1/s1. The summed E-state index contributed by atoms with van der Waals surface area (Å²) in [7, 11) is 0. The quantitative estimate of drug-likeness (QED) is 0.206. The first kappa shape index (κ1) is 28.9. The Labute approximate surface area is 216 Å². The van der Waals surface area contributed by atoms with Gasteiger partial charge in [0.2, 0.25) is 23.3 Å². The van der Waals surface area contributed by atoms with Crippen molar-refractivity contribution in [1.29, 1.82) is 0 Å². The molecule has 1 aromatic carbocycles. The Morgan fingerprint density at radius 2 is 1.69 bits per heavy atom. The van der Waals surface area contributed by atoms with Crippen LogP contribution in [0.3, 0.4) is 0 Å². The molecule has 208 valence electrons. The lowest BCUT2D eigenvalue weighted by Crippen LogP contribution is -2.54. The molecule has 0 spiro atoms. The molecule has 39 heavy (non-hydrogen) atoms. The number of aromatic amines is 1. The molecule has 4 N–H and O–H groups in total. The van der Waals surface area contributed by atoms with Gasteiger partial charge in [0.1, 0.15) is 18.7 Å². The number of carbonyl (C=O) groups is 4. The summed E-state index contributed by atoms with van der Waals surface area (Å²) in [6.45, 7) is 1.75. The molecule has 0 saturated heterocycles. The average Bonchev–Trinajstić information content (AvgIpc) is 3.34. The fourth-order valence-electron chi connectivity index (χ4n) is 3.43. The third-order valence-corrected chi connectivity index (χ3v) is 5.42. The zero-order valence-electron chi connectivity index (χ0n) is 20.3. The average molecular weight is 555 g/mol. The molecule has 2 aromatic heterocycles. The molecular formula is C24H21F4N3O8. The first-order valence-corrected chi connectivity index (χ1v) is 11.2. The van der Waals surface area contributed by atoms with E-state index in [0.29, 0.717) is 0 Å². The highest BCUT2D eigenvalue weighted by Gasteiger charge is 2.32. The van der Waals surface area contributed by atoms with Gasteiger partial charge in [0.05, 0.1) is 11.8 Å². The molecule has 2 amide bonds. The summed E-state index contributed by atoms with van der Waals surface area (Å²) in [4.78, 5) is 64.3. The monoisotopic (exact) mass is 555 g/mol. The van der Waals surface area contributed by atoms with E-state index >= 15 is 0 Å². The number of carboxylic acids is 1. The molecule has 3 rings (SSSR count). The lowest BCUT2D eigenvalue weighted by molar-refractivity contribution is -0.140. The van der Waals surface area contributed by atoms with Gasteiger partial charge in [-0.3, -0.25) is 24.0 Å². The maximum absolute atomic E-state index is 13.8. The normalized spacial score (nSPS) is 12.7. The van der Waals surface area contributed by atoms with E-state index in [1.54, 1.807) is 0 Å². The van der Waals surface area contributed by atoms with Gasteiger partial charge >= 0.3 is 5.97 Å². The van der Waals surface area contributed by atoms with Gasteiger partial charge < -0.3 is 29.9 Å². The van der Waals surface area contributed by atoms with E-state index < -0.39 is 94.8 Å². The number of Topliss-reactive ketones (excluding diaryl/α,β-unsaturated/α-hetero) is 1. The second-order valence-electron chi connectivity index (χ2n) is 8.60. The molecular weight excluding hydrogens is 534 g/mol. The van der Waals surface area contributed by atoms with Crippen molar-refractivity contribution in [3.05, 3.63) is 63.6 Å². The Morgan fingerprint density at radius 1 is 1.05 bits per heavy atom. The largest absolute Gasteiger partial charge is 0.481 e. The molecule has 15 heteroatoms. The number of rotatable bonds is 11. The minimum absolute atomic E-state index is 0.0105. The number of nitrogens with one attached hydrogen (secondary N) is 3. The Morgan fingerprint density at radius 3 is 2.28 bits per heavy atom. The maximum atomic E-state index is 13.8. The van der Waals surface area contributed by atoms with Crippen molar-refractivity contribution < 1.29 is 51.0 Å². The van der Waals surface area contributed by atoms with E-state index in [2.05, 4.69) is 20.4 Å². The van der Waals surface area contributed by atoms with Crippen molar-refractivity contribution >= 4 is 34.7 Å². The molecule has 0 fully saturated rings. The van der Waals surface area contributed by atoms with Gasteiger partial charge in [0.25, 0.3) is 5.91 Å². The lowest BCUT2D eigenvalue weighted by atomic mass is 10.0. The van der Waals surface area contributed by atoms with Crippen LogP contribution in [0, 0.1) is 29.2 Å². The number of aromatic nitrogens is 1. The smallest absolute Gasteiger partial charge is 0.305 e. The molecule has 0 aliphatic rings. The summed E-state index contributed by atoms with van der Waals surface area (Å²) in [6, 6.07) is -0.939. The summed E-state index contributed by atoms with van der Waals surface area (Å²) in [6.07, 6.45) is 0.409. The van der Waals surface area contributed by atoms with Crippen LogP contribution in [-0.4, -0.2) is 52.3 Å². The van der Waals surface area contributed by atoms with E-state index in [1.165, 1.54) is 26.1 Å². The number of ether oxygens (including phenoxy) is 1. The van der Waals surface area contributed by atoms with Crippen LogP contribution in [0.5, 0.6) is 5.75 Å². The summed E-state index contributed by atoms with van der Waals surface area (Å²) in [5, 5.41) is 13.8. The van der Waals surface area contributed by atoms with E-state index in [9.17, 15) is 41.5 Å². The number of aliphatic carboxylic acids is 1. The molecule has 0 radical (unpaired) electrons. The molecule has 1 unspecified atom stereocenters. The molecule has 0 aliphatic heterocycles. The molecule has 2 atom stereocenters. The van der Waals surface area contributed by atoms with Gasteiger partial charge in [-0.05, 0) is 12.0 Å². The number of halogens is 4. The van der Waals surface area contributed by atoms with Crippen LogP contribution in [0.4, 0.5) is 17.6 Å². The van der Waals surface area contributed by atoms with Crippen molar-refractivity contribution in [3.8, 4) is 5.75 Å². The van der Waals surface area contributed by atoms with E-state index in [0.717, 1.165) is 6.07 Å². The third-order valence-electron chi connectivity index (χ3n) is 5.42. The molecule has 0 saturated carbocycles. The molecule has 0 aliphatic carbocycles. The van der Waals surface area contributed by atoms with Crippen LogP contribution >= 0.6 is 0 Å². The van der Waals surface area contributed by atoms with Crippen molar-refractivity contribution in [3.63, 3.8) is 0 Å². The first-order valence-electron chi connectivity index (χ1n) is 11.2. The Balaban J connectivity index is 1.75. The lowest BCUT2D eigenvalue weighted by Gasteiger charge is -2.24. The Kier molecular flexibility index (Phi) is 8.73. The minimum Gasteiger partial charge on any atom is -0.481 e. The molecule has 11 nitrogen and oxygen atoms in total. The number of benzene rings is 1. The summed E-state index contributed by atoms with van der Waals surface area (Å²) in [5.41, 5.74) is -0.525. The van der Waals surface area contributed by atoms with Crippen LogP contribution in [-0.2, 0) is 14.4 Å². The number of carboxylic acid groups (broad SMARTS) is 1. The Bertz CT molecular complexity index is 1470. The van der Waals surface area contributed by atoms with Crippen LogP contribution in [0.1, 0.15) is 30.8 Å². The van der Waals surface area contributed by atoms with Gasteiger partial charge in [-0.25, -0.2) is 8.78 Å². The second-order valence-corrected chi connectivity index (χ2v) is 8.60. The highest BCUT2D eigenvalue weighted by Crippen LogP contribution is 2.26. The summed E-state index contributed by atoms with van der Waals surface area (Å²) < 4.78 is 64.3. The summed E-state index contributed by atoms with van der Waals surface area (Å²) in [5.74, 6) is -14.8. The van der Waals surface area contributed by atoms with Crippen LogP contribution in [0.2, 0.25) is 0 Å². The van der Waals surface area contributed by atoms with E-state index in [-0.39, 0.29) is 17.2 Å². The van der Waals surface area contributed by atoms with Gasteiger partial charge in [0.15, 0.2) is 34.4 Å². The molecule has 2 heterocycles. The van der Waals surface area contributed by atoms with E-state index in [4.69, 9.17) is 9.52 Å². The first-order chi connectivity index (χ1) is 18.3. The van der Waals surface area contributed by atoms with Crippen LogP contribution < -0.4 is 20.8 Å². The predicted molar refractivity (Wildman–Crippen MR) is 124 cm³/mol. The number of carbonyl (C=O) groups excluding carboxylic acids is 3. The third kappa shape index (κ3) is 6.61. The second kappa shape index (κ2) is 11.8. The number of amides is 2. The highest BCUT2D eigenvalue weighted by molar-refractivity contribution is 5.98. The van der Waals surface area contributed by atoms with Crippen molar-refractivity contribution in [2.45, 2.75) is 32.4 Å². The number of ketones is 1. The van der Waals surface area contributed by atoms with Gasteiger partial charge in [-0.1, -0.05) is 13.8 Å². The fourth-order valence-corrected chi connectivity index (χ4v) is 3.43. The van der Waals surface area contributed by atoms with Crippen LogP contribution in [0.25, 0.3) is 11.1 Å². The molecule has 0 bridgehead atoms. The zero-order chi connectivity index (χ0) is 29.0. The van der Waals surface area contributed by atoms with Crippen molar-refractivity contribution in [2.24, 2.45) is 5.92 Å². The fraction of sp³-hybridized carbons (Fsp3) is 0.292. The minimum atomic E-state index is -1.92. The van der Waals surface area contributed by atoms with Gasteiger partial charge in [-0.15, -0.1) is 0 Å². The highest BCUT2D eigenvalue weighted by atomic mass is 19.2. The zero-order valence-corrected chi connectivity index (χ0v) is 20.3. The number of H-pyrrole nitrogens is 1. The molecule has 3 aromatic rings. The Hall–Kier alpha value is -4.69. The van der Waals surface area contributed by atoms with E-state index in [1.807, 2.05) is 0 Å². The van der Waals surface area contributed by atoms with Crippen molar-refractivity contribution in [1.82, 2.24) is 15.6 Å². The SMILES string of the molecule is CC(C)C(NC(=O)c1cc(=O)c2cc[nH]c2o1)C(=O)N[C@H](CC(=O)O)C(=O)COc1c(F)c(F)cc(F)c1F. The maximum Gasteiger partial charge on any atom is 0.305 e. The van der Waals surface area contributed by atoms with Crippen LogP contribution in [0.15, 0.2) is 33.6 Å². The predicted octanol–water partition coefficient (Wildman–Crippen LogP) is 2.04. The van der Waals surface area contributed by atoms with Gasteiger partial charge in [-0.2, -0.15) is 8.78 Å². The number of hydrogen-bond donors (Lipinski definition) is 4. The number of fused-ring (bicyclic) bond motifs is 1. The van der Waals surface area contributed by atoms with Gasteiger partial charge in [0, 0.05) is 18.3 Å².